The van der Waals surface area contributed by atoms with E-state index in [1.54, 1.807) is 6.21 Å². The average molecular weight is 279 g/mol. The van der Waals surface area contributed by atoms with E-state index in [0.717, 1.165) is 23.3 Å². The Morgan fingerprint density at radius 2 is 2.26 bits per heavy atom. The van der Waals surface area contributed by atoms with Gasteiger partial charge in [0, 0.05) is 5.56 Å². The summed E-state index contributed by atoms with van der Waals surface area (Å²) < 4.78 is 5.78. The summed E-state index contributed by atoms with van der Waals surface area (Å²) in [6.45, 7) is 7.07. The fourth-order valence-electron chi connectivity index (χ4n) is 1.47. The molecule has 0 aliphatic rings. The number of hydrazone groups is 1. The van der Waals surface area contributed by atoms with Crippen molar-refractivity contribution in [1.29, 1.82) is 0 Å². The highest BCUT2D eigenvalue weighted by Crippen LogP contribution is 2.19. The number of ether oxygens (including phenoxy) is 1. The smallest absolute Gasteiger partial charge is 0.184 e. The molecule has 0 spiro atoms. The van der Waals surface area contributed by atoms with E-state index in [9.17, 15) is 0 Å². The maximum absolute atomic E-state index is 5.78. The Morgan fingerprint density at radius 1 is 1.53 bits per heavy atom. The van der Waals surface area contributed by atoms with E-state index in [-0.39, 0.29) is 5.11 Å². The van der Waals surface area contributed by atoms with Gasteiger partial charge in [-0.1, -0.05) is 25.5 Å². The minimum Gasteiger partial charge on any atom is -0.493 e. The van der Waals surface area contributed by atoms with Crippen molar-refractivity contribution in [1.82, 2.24) is 5.43 Å². The maximum Gasteiger partial charge on any atom is 0.184 e. The van der Waals surface area contributed by atoms with Crippen molar-refractivity contribution in [3.05, 3.63) is 29.3 Å². The number of thiocarbonyl (C=S) groups is 1. The van der Waals surface area contributed by atoms with Gasteiger partial charge < -0.3 is 10.5 Å². The van der Waals surface area contributed by atoms with Crippen LogP contribution in [0, 0.1) is 12.8 Å². The standard InChI is InChI=1S/C14H21N3OS/c1-10(2)6-7-18-13-5-4-11(3)8-12(13)9-16-17-14(15)19/h4-5,8-10H,6-7H2,1-3H3,(H3,15,17,19). The minimum absolute atomic E-state index is 0.145. The van der Waals surface area contributed by atoms with Gasteiger partial charge in [0.2, 0.25) is 0 Å². The summed E-state index contributed by atoms with van der Waals surface area (Å²) in [5.41, 5.74) is 9.91. The fraction of sp³-hybridized carbons (Fsp3) is 0.429. The van der Waals surface area contributed by atoms with Gasteiger partial charge in [-0.05, 0) is 43.6 Å². The molecule has 19 heavy (non-hydrogen) atoms. The summed E-state index contributed by atoms with van der Waals surface area (Å²) in [7, 11) is 0. The average Bonchev–Trinajstić information content (AvgIpc) is 2.31. The SMILES string of the molecule is Cc1ccc(OCCC(C)C)c(C=NNC(N)=S)c1. The highest BCUT2D eigenvalue weighted by Gasteiger charge is 2.03. The maximum atomic E-state index is 5.78. The van der Waals surface area contributed by atoms with E-state index < -0.39 is 0 Å². The molecule has 0 amide bonds. The van der Waals surface area contributed by atoms with Gasteiger partial charge in [0.1, 0.15) is 5.75 Å². The van der Waals surface area contributed by atoms with Gasteiger partial charge in [0.15, 0.2) is 5.11 Å². The number of aryl methyl sites for hydroxylation is 1. The molecule has 0 unspecified atom stereocenters. The zero-order valence-electron chi connectivity index (χ0n) is 11.6. The van der Waals surface area contributed by atoms with Crippen LogP contribution < -0.4 is 15.9 Å². The van der Waals surface area contributed by atoms with Crippen molar-refractivity contribution in [2.75, 3.05) is 6.61 Å². The Hall–Kier alpha value is -1.62. The Bertz CT molecular complexity index is 458. The van der Waals surface area contributed by atoms with Gasteiger partial charge in [0.05, 0.1) is 12.8 Å². The summed E-state index contributed by atoms with van der Waals surface area (Å²) in [6, 6.07) is 5.98. The van der Waals surface area contributed by atoms with E-state index in [0.29, 0.717) is 12.5 Å². The zero-order valence-corrected chi connectivity index (χ0v) is 12.5. The number of rotatable bonds is 6. The molecular weight excluding hydrogens is 258 g/mol. The topological polar surface area (TPSA) is 59.6 Å². The van der Waals surface area contributed by atoms with E-state index in [2.05, 4.69) is 36.6 Å². The Kier molecular flexibility index (Phi) is 6.29. The quantitative estimate of drug-likeness (QED) is 0.477. The molecule has 0 fully saturated rings. The first-order valence-electron chi connectivity index (χ1n) is 6.31. The Morgan fingerprint density at radius 3 is 2.89 bits per heavy atom. The first-order chi connectivity index (χ1) is 8.99. The second-order valence-corrected chi connectivity index (χ2v) is 5.25. The number of nitrogens with one attached hydrogen (secondary N) is 1. The van der Waals surface area contributed by atoms with E-state index >= 15 is 0 Å². The van der Waals surface area contributed by atoms with Crippen LogP contribution in [0.5, 0.6) is 5.75 Å². The third-order valence-corrected chi connectivity index (χ3v) is 2.59. The molecule has 5 heteroatoms. The highest BCUT2D eigenvalue weighted by atomic mass is 32.1. The number of benzene rings is 1. The largest absolute Gasteiger partial charge is 0.493 e. The number of nitrogens with zero attached hydrogens (tertiary/aromatic N) is 1. The predicted molar refractivity (Wildman–Crippen MR) is 83.6 cm³/mol. The van der Waals surface area contributed by atoms with Crippen LogP contribution in [0.15, 0.2) is 23.3 Å². The lowest BCUT2D eigenvalue weighted by Gasteiger charge is -2.11. The van der Waals surface area contributed by atoms with Crippen LogP contribution in [-0.4, -0.2) is 17.9 Å². The highest BCUT2D eigenvalue weighted by molar-refractivity contribution is 7.80. The van der Waals surface area contributed by atoms with Gasteiger partial charge in [-0.25, -0.2) is 0 Å². The molecule has 0 saturated carbocycles. The van der Waals surface area contributed by atoms with Crippen LogP contribution in [0.25, 0.3) is 0 Å². The molecule has 3 N–H and O–H groups in total. The van der Waals surface area contributed by atoms with Gasteiger partial charge in [-0.15, -0.1) is 0 Å². The summed E-state index contributed by atoms with van der Waals surface area (Å²) in [5.74, 6) is 1.44. The summed E-state index contributed by atoms with van der Waals surface area (Å²) >= 11 is 4.69. The monoisotopic (exact) mass is 279 g/mol. The number of nitrogens with two attached hydrogens (primary N) is 1. The first-order valence-corrected chi connectivity index (χ1v) is 6.72. The van der Waals surface area contributed by atoms with Gasteiger partial charge in [0.25, 0.3) is 0 Å². The molecule has 1 aromatic rings. The van der Waals surface area contributed by atoms with Crippen LogP contribution in [0.4, 0.5) is 0 Å². The number of hydrogen-bond donors (Lipinski definition) is 2. The van der Waals surface area contributed by atoms with Crippen LogP contribution in [-0.2, 0) is 0 Å². The molecule has 0 saturated heterocycles. The third-order valence-electron chi connectivity index (χ3n) is 2.50. The van der Waals surface area contributed by atoms with E-state index in [1.165, 1.54) is 0 Å². The van der Waals surface area contributed by atoms with E-state index in [4.69, 9.17) is 10.5 Å². The van der Waals surface area contributed by atoms with Crippen LogP contribution in [0.3, 0.4) is 0 Å². The molecule has 104 valence electrons. The summed E-state index contributed by atoms with van der Waals surface area (Å²) in [4.78, 5) is 0. The minimum atomic E-state index is 0.145. The van der Waals surface area contributed by atoms with Crippen LogP contribution in [0.2, 0.25) is 0 Å². The lowest BCUT2D eigenvalue weighted by Crippen LogP contribution is -2.24. The van der Waals surface area contributed by atoms with Gasteiger partial charge in [-0.3, -0.25) is 5.43 Å². The molecule has 0 aliphatic heterocycles. The van der Waals surface area contributed by atoms with Crippen molar-refractivity contribution in [3.8, 4) is 5.75 Å². The molecule has 1 rings (SSSR count). The molecule has 0 aromatic heterocycles. The fourth-order valence-corrected chi connectivity index (χ4v) is 1.52. The van der Waals surface area contributed by atoms with Crippen molar-refractivity contribution in [2.24, 2.45) is 16.8 Å². The molecule has 0 bridgehead atoms. The van der Waals surface area contributed by atoms with Crippen LogP contribution in [0.1, 0.15) is 31.4 Å². The molecule has 1 aromatic carbocycles. The normalized spacial score (nSPS) is 10.9. The predicted octanol–water partition coefficient (Wildman–Crippen LogP) is 2.59. The number of hydrogen-bond acceptors (Lipinski definition) is 3. The molecule has 0 heterocycles. The van der Waals surface area contributed by atoms with Crippen molar-refractivity contribution in [2.45, 2.75) is 27.2 Å². The Balaban J connectivity index is 2.73. The summed E-state index contributed by atoms with van der Waals surface area (Å²) in [6.07, 6.45) is 2.69. The summed E-state index contributed by atoms with van der Waals surface area (Å²) in [5, 5.41) is 4.11. The lowest BCUT2D eigenvalue weighted by atomic mass is 10.1. The second-order valence-electron chi connectivity index (χ2n) is 4.81. The van der Waals surface area contributed by atoms with Gasteiger partial charge in [-0.2, -0.15) is 5.10 Å². The lowest BCUT2D eigenvalue weighted by molar-refractivity contribution is 0.289. The van der Waals surface area contributed by atoms with Gasteiger partial charge >= 0.3 is 0 Å². The van der Waals surface area contributed by atoms with E-state index in [1.807, 2.05) is 25.1 Å². The van der Waals surface area contributed by atoms with Crippen LogP contribution >= 0.6 is 12.2 Å². The van der Waals surface area contributed by atoms with Crippen molar-refractivity contribution >= 4 is 23.5 Å². The molecule has 0 aliphatic carbocycles. The second kappa shape index (κ2) is 7.74. The molecule has 0 atom stereocenters. The van der Waals surface area contributed by atoms with Crippen molar-refractivity contribution in [3.63, 3.8) is 0 Å². The Labute approximate surface area is 120 Å². The van der Waals surface area contributed by atoms with Crippen molar-refractivity contribution < 1.29 is 4.74 Å². The first kappa shape index (κ1) is 15.4. The molecule has 0 radical (unpaired) electrons. The zero-order chi connectivity index (χ0) is 14.3. The third kappa shape index (κ3) is 6.20. The molecular formula is C14H21N3OS. The molecule has 4 nitrogen and oxygen atoms in total.